The molecule has 0 saturated carbocycles. The number of aromatic nitrogens is 1. The van der Waals surface area contributed by atoms with Gasteiger partial charge in [-0.25, -0.2) is 0 Å². The Bertz CT molecular complexity index is 701. The van der Waals surface area contributed by atoms with Gasteiger partial charge >= 0.3 is 0 Å². The summed E-state index contributed by atoms with van der Waals surface area (Å²) >= 11 is 18.5. The van der Waals surface area contributed by atoms with Crippen molar-refractivity contribution in [1.29, 1.82) is 0 Å². The molecule has 1 N–H and O–H groups in total. The molecule has 5 nitrogen and oxygen atoms in total. The minimum Gasteiger partial charge on any atom is -0.337 e. The Morgan fingerprint density at radius 1 is 1.32 bits per heavy atom. The minimum absolute atomic E-state index is 0.0369. The van der Waals surface area contributed by atoms with Crippen LogP contribution in [0.25, 0.3) is 0 Å². The number of hydrogen-bond donors (Lipinski definition) is 1. The number of carbonyl (C=O) groups excluding carboxylic acids is 1. The Morgan fingerprint density at radius 3 is 2.76 bits per heavy atom. The predicted molar refractivity (Wildman–Crippen MR) is 100 cm³/mol. The number of halogens is 3. The van der Waals surface area contributed by atoms with Crippen LogP contribution in [0.5, 0.6) is 0 Å². The van der Waals surface area contributed by atoms with Gasteiger partial charge in [-0.3, -0.25) is 14.5 Å². The lowest BCUT2D eigenvalue weighted by atomic mass is 9.83. The summed E-state index contributed by atoms with van der Waals surface area (Å²) in [6.07, 6.45) is 1.47. The Morgan fingerprint density at radius 2 is 2.08 bits per heavy atom. The van der Waals surface area contributed by atoms with Gasteiger partial charge in [0.05, 0.1) is 0 Å². The van der Waals surface area contributed by atoms with Gasteiger partial charge in [0.2, 0.25) is 9.70 Å². The lowest BCUT2D eigenvalue weighted by Gasteiger charge is -2.47. The van der Waals surface area contributed by atoms with Gasteiger partial charge in [0, 0.05) is 43.7 Å². The summed E-state index contributed by atoms with van der Waals surface area (Å²) in [7, 11) is 0. The number of carbonyl (C=O) groups is 1. The lowest BCUT2D eigenvalue weighted by Crippen LogP contribution is -2.60. The predicted octanol–water partition coefficient (Wildman–Crippen LogP) is 2.88. The van der Waals surface area contributed by atoms with Gasteiger partial charge < -0.3 is 9.88 Å². The Hall–Kier alpha value is -0.750. The monoisotopic (exact) mass is 405 g/mol. The standard InChI is InChI=1S/C17H22Cl3N3O2/c1-2-4-14(24)21-16(17(18,19)20)22-8-11-7-12(10-22)13-5-3-6-15(25)23(13)9-11/h3,5-6,11-12,16H,2,4,7-10H2,1H3,(H,21,24)/t11-,12+,16-/m0/s1. The van der Waals surface area contributed by atoms with E-state index in [1.54, 1.807) is 12.1 Å². The van der Waals surface area contributed by atoms with E-state index in [0.717, 1.165) is 18.5 Å². The number of piperidine rings is 1. The maximum absolute atomic E-state index is 12.1. The van der Waals surface area contributed by atoms with Gasteiger partial charge in [-0.15, -0.1) is 0 Å². The van der Waals surface area contributed by atoms with E-state index < -0.39 is 9.96 Å². The van der Waals surface area contributed by atoms with E-state index in [-0.39, 0.29) is 17.4 Å². The molecule has 1 aromatic heterocycles. The molecule has 1 fully saturated rings. The van der Waals surface area contributed by atoms with E-state index in [9.17, 15) is 9.59 Å². The number of alkyl halides is 3. The maximum atomic E-state index is 12.1. The first-order valence-electron chi connectivity index (χ1n) is 8.59. The zero-order chi connectivity index (χ0) is 18.2. The molecule has 138 valence electrons. The van der Waals surface area contributed by atoms with Crippen LogP contribution < -0.4 is 10.9 Å². The smallest absolute Gasteiger partial charge is 0.250 e. The second kappa shape index (κ2) is 7.47. The SMILES string of the molecule is CCCC(=O)N[C@@H](N1C[C@@H]2C[C@H](C1)c1cccc(=O)n1C2)C(Cl)(Cl)Cl. The highest BCUT2D eigenvalue weighted by Crippen LogP contribution is 2.39. The zero-order valence-electron chi connectivity index (χ0n) is 14.1. The molecule has 2 bridgehead atoms. The van der Waals surface area contributed by atoms with Crippen molar-refractivity contribution in [2.24, 2.45) is 5.92 Å². The largest absolute Gasteiger partial charge is 0.337 e. The second-order valence-electron chi connectivity index (χ2n) is 6.91. The quantitative estimate of drug-likeness (QED) is 0.782. The Kier molecular flexibility index (Phi) is 5.69. The van der Waals surface area contributed by atoms with Gasteiger partial charge in [0.25, 0.3) is 5.56 Å². The van der Waals surface area contributed by atoms with Crippen LogP contribution in [0, 0.1) is 5.92 Å². The molecule has 0 spiro atoms. The molecular weight excluding hydrogens is 385 g/mol. The molecule has 1 aromatic rings. The first-order chi connectivity index (χ1) is 11.8. The number of nitrogens with one attached hydrogen (secondary N) is 1. The number of likely N-dealkylation sites (tertiary alicyclic amines) is 1. The maximum Gasteiger partial charge on any atom is 0.250 e. The highest BCUT2D eigenvalue weighted by Gasteiger charge is 2.44. The number of fused-ring (bicyclic) bond motifs is 4. The molecule has 0 aromatic carbocycles. The van der Waals surface area contributed by atoms with Crippen molar-refractivity contribution >= 4 is 40.7 Å². The summed E-state index contributed by atoms with van der Waals surface area (Å²) in [5.41, 5.74) is 1.06. The molecule has 1 saturated heterocycles. The molecule has 3 heterocycles. The fraction of sp³-hybridized carbons (Fsp3) is 0.647. The Labute approximate surface area is 162 Å². The van der Waals surface area contributed by atoms with E-state index in [0.29, 0.717) is 32.0 Å². The summed E-state index contributed by atoms with van der Waals surface area (Å²) in [5, 5.41) is 2.87. The summed E-state index contributed by atoms with van der Waals surface area (Å²) < 4.78 is 0.238. The first kappa shape index (κ1) is 19.0. The van der Waals surface area contributed by atoms with E-state index in [2.05, 4.69) is 5.32 Å². The molecule has 0 unspecified atom stereocenters. The van der Waals surface area contributed by atoms with Crippen molar-refractivity contribution in [2.75, 3.05) is 13.1 Å². The molecule has 8 heteroatoms. The van der Waals surface area contributed by atoms with Crippen molar-refractivity contribution in [3.05, 3.63) is 34.2 Å². The molecule has 3 atom stereocenters. The number of pyridine rings is 1. The van der Waals surface area contributed by atoms with Crippen LogP contribution in [0.3, 0.4) is 0 Å². The molecule has 0 radical (unpaired) electrons. The molecular formula is C17H22Cl3N3O2. The van der Waals surface area contributed by atoms with Gasteiger partial charge in [0.1, 0.15) is 6.17 Å². The second-order valence-corrected chi connectivity index (χ2v) is 9.28. The third kappa shape index (κ3) is 4.16. The molecule has 0 aliphatic carbocycles. The topological polar surface area (TPSA) is 54.3 Å². The zero-order valence-corrected chi connectivity index (χ0v) is 16.3. The number of amides is 1. The van der Waals surface area contributed by atoms with Gasteiger partial charge in [-0.2, -0.15) is 0 Å². The van der Waals surface area contributed by atoms with Gasteiger partial charge in [-0.1, -0.05) is 47.8 Å². The first-order valence-corrected chi connectivity index (χ1v) is 9.73. The van der Waals surface area contributed by atoms with Crippen LogP contribution in [0.1, 0.15) is 37.8 Å². The average Bonchev–Trinajstić information content (AvgIpc) is 2.53. The van der Waals surface area contributed by atoms with Crippen molar-refractivity contribution in [1.82, 2.24) is 14.8 Å². The number of hydrogen-bond acceptors (Lipinski definition) is 3. The highest BCUT2D eigenvalue weighted by molar-refractivity contribution is 6.68. The number of rotatable bonds is 4. The van der Waals surface area contributed by atoms with Crippen molar-refractivity contribution in [3.63, 3.8) is 0 Å². The van der Waals surface area contributed by atoms with E-state index in [4.69, 9.17) is 34.8 Å². The van der Waals surface area contributed by atoms with E-state index in [1.165, 1.54) is 0 Å². The normalized spacial score (nSPS) is 24.5. The lowest BCUT2D eigenvalue weighted by molar-refractivity contribution is -0.123. The number of nitrogens with zero attached hydrogens (tertiary/aromatic N) is 2. The third-order valence-electron chi connectivity index (χ3n) is 4.96. The van der Waals surface area contributed by atoms with E-state index >= 15 is 0 Å². The minimum atomic E-state index is -1.62. The third-order valence-corrected chi connectivity index (χ3v) is 5.58. The summed E-state index contributed by atoms with van der Waals surface area (Å²) in [5.74, 6) is 0.370. The molecule has 25 heavy (non-hydrogen) atoms. The molecule has 1 amide bonds. The van der Waals surface area contributed by atoms with Crippen molar-refractivity contribution < 1.29 is 4.79 Å². The summed E-state index contributed by atoms with van der Waals surface area (Å²) in [4.78, 5) is 26.2. The van der Waals surface area contributed by atoms with Crippen LogP contribution >= 0.6 is 34.8 Å². The van der Waals surface area contributed by atoms with Crippen molar-refractivity contribution in [2.45, 2.75) is 48.6 Å². The molecule has 2 aliphatic rings. The van der Waals surface area contributed by atoms with E-state index in [1.807, 2.05) is 22.5 Å². The van der Waals surface area contributed by atoms with Crippen LogP contribution in [0.4, 0.5) is 0 Å². The molecule has 3 rings (SSSR count). The van der Waals surface area contributed by atoms with Gasteiger partial charge in [-0.05, 0) is 24.8 Å². The summed E-state index contributed by atoms with van der Waals surface area (Å²) in [6, 6.07) is 5.38. The summed E-state index contributed by atoms with van der Waals surface area (Å²) in [6.45, 7) is 3.93. The van der Waals surface area contributed by atoms with Crippen LogP contribution in [0.2, 0.25) is 0 Å². The van der Waals surface area contributed by atoms with Crippen LogP contribution in [-0.4, -0.2) is 38.4 Å². The van der Waals surface area contributed by atoms with Crippen LogP contribution in [-0.2, 0) is 11.3 Å². The van der Waals surface area contributed by atoms with Crippen LogP contribution in [0.15, 0.2) is 23.0 Å². The van der Waals surface area contributed by atoms with Crippen molar-refractivity contribution in [3.8, 4) is 0 Å². The fourth-order valence-electron chi connectivity index (χ4n) is 3.98. The van der Waals surface area contributed by atoms with Gasteiger partial charge in [0.15, 0.2) is 0 Å². The molecule has 2 aliphatic heterocycles. The Balaban J connectivity index is 1.84. The fourth-order valence-corrected chi connectivity index (χ4v) is 4.55. The average molecular weight is 407 g/mol. The highest BCUT2D eigenvalue weighted by atomic mass is 35.6.